The highest BCUT2D eigenvalue weighted by Gasteiger charge is 2.16. The van der Waals surface area contributed by atoms with Gasteiger partial charge in [0.1, 0.15) is 0 Å². The molecule has 0 aliphatic carbocycles. The van der Waals surface area contributed by atoms with E-state index < -0.39 is 0 Å². The van der Waals surface area contributed by atoms with Crippen LogP contribution in [0.25, 0.3) is 0 Å². The molecule has 2 rings (SSSR count). The van der Waals surface area contributed by atoms with Crippen molar-refractivity contribution in [3.63, 3.8) is 0 Å². The molecule has 0 bridgehead atoms. The summed E-state index contributed by atoms with van der Waals surface area (Å²) >= 11 is 6.02. The maximum atomic E-state index is 6.02. The predicted octanol–water partition coefficient (Wildman–Crippen LogP) is 2.50. The fourth-order valence-corrected chi connectivity index (χ4v) is 1.64. The maximum absolute atomic E-state index is 6.02. The van der Waals surface area contributed by atoms with Gasteiger partial charge >= 0.3 is 0 Å². The molecule has 0 unspecified atom stereocenters. The summed E-state index contributed by atoms with van der Waals surface area (Å²) < 4.78 is 5.28. The second-order valence-electron chi connectivity index (χ2n) is 2.68. The molecule has 1 aliphatic heterocycles. The van der Waals surface area contributed by atoms with Gasteiger partial charge in [-0.05, 0) is 11.1 Å². The lowest BCUT2D eigenvalue weighted by Crippen LogP contribution is -2.11. The van der Waals surface area contributed by atoms with Crippen molar-refractivity contribution in [2.75, 3.05) is 6.61 Å². The summed E-state index contributed by atoms with van der Waals surface area (Å²) in [5, 5.41) is 0.0416. The number of hydrogen-bond donors (Lipinski definition) is 0. The largest absolute Gasteiger partial charge is 0.375 e. The van der Waals surface area contributed by atoms with Crippen LogP contribution < -0.4 is 0 Å². The number of fused-ring (bicyclic) bond motifs is 1. The van der Waals surface area contributed by atoms with Gasteiger partial charge in [-0.25, -0.2) is 0 Å². The van der Waals surface area contributed by atoms with E-state index in [4.69, 9.17) is 16.3 Å². The number of ether oxygens (including phenoxy) is 1. The van der Waals surface area contributed by atoms with Gasteiger partial charge in [-0.15, -0.1) is 11.6 Å². The highest BCUT2D eigenvalue weighted by molar-refractivity contribution is 6.21. The Kier molecular flexibility index (Phi) is 1.84. The van der Waals surface area contributed by atoms with Crippen molar-refractivity contribution in [1.82, 2.24) is 0 Å². The molecule has 11 heavy (non-hydrogen) atoms. The number of halogens is 1. The van der Waals surface area contributed by atoms with Crippen LogP contribution in [0.2, 0.25) is 0 Å². The first-order chi connectivity index (χ1) is 5.38. The third-order valence-electron chi connectivity index (χ3n) is 1.91. The Morgan fingerprint density at radius 2 is 2.18 bits per heavy atom. The van der Waals surface area contributed by atoms with Crippen molar-refractivity contribution in [1.29, 1.82) is 0 Å². The number of rotatable bonds is 0. The molecule has 58 valence electrons. The molecule has 0 saturated heterocycles. The third-order valence-corrected chi connectivity index (χ3v) is 2.28. The lowest BCUT2D eigenvalue weighted by molar-refractivity contribution is 0.107. The van der Waals surface area contributed by atoms with Gasteiger partial charge in [0.15, 0.2) is 0 Å². The summed E-state index contributed by atoms with van der Waals surface area (Å²) in [5.41, 5.74) is 2.44. The summed E-state index contributed by atoms with van der Waals surface area (Å²) in [7, 11) is 0. The molecule has 2 heteroatoms. The zero-order valence-corrected chi connectivity index (χ0v) is 6.84. The van der Waals surface area contributed by atoms with Crippen molar-refractivity contribution in [3.05, 3.63) is 35.4 Å². The van der Waals surface area contributed by atoms with Gasteiger partial charge < -0.3 is 4.74 Å². The summed E-state index contributed by atoms with van der Waals surface area (Å²) in [6, 6.07) is 8.15. The second kappa shape index (κ2) is 2.84. The van der Waals surface area contributed by atoms with Crippen LogP contribution in [-0.2, 0) is 11.3 Å². The molecule has 0 fully saturated rings. The van der Waals surface area contributed by atoms with Crippen LogP contribution >= 0.6 is 11.6 Å². The van der Waals surface area contributed by atoms with Crippen molar-refractivity contribution in [3.8, 4) is 0 Å². The zero-order chi connectivity index (χ0) is 7.68. The Morgan fingerprint density at radius 1 is 1.36 bits per heavy atom. The summed E-state index contributed by atoms with van der Waals surface area (Å²) in [5.74, 6) is 0. The maximum Gasteiger partial charge on any atom is 0.0822 e. The van der Waals surface area contributed by atoms with Gasteiger partial charge in [0.05, 0.1) is 18.6 Å². The topological polar surface area (TPSA) is 9.23 Å². The molecule has 0 aromatic heterocycles. The first kappa shape index (κ1) is 7.14. The minimum atomic E-state index is 0.0416. The van der Waals surface area contributed by atoms with Crippen LogP contribution in [-0.4, -0.2) is 6.61 Å². The van der Waals surface area contributed by atoms with E-state index in [0.717, 1.165) is 0 Å². The Hall–Kier alpha value is -0.530. The second-order valence-corrected chi connectivity index (χ2v) is 3.21. The summed E-state index contributed by atoms with van der Waals surface area (Å²) in [6.07, 6.45) is 0. The standard InChI is InChI=1S/C9H9ClO/c10-9-6-11-5-7-3-1-2-4-8(7)9/h1-4,9H,5-6H2/t9-/m0/s1. The van der Waals surface area contributed by atoms with Crippen LogP contribution in [0.15, 0.2) is 24.3 Å². The van der Waals surface area contributed by atoms with Crippen molar-refractivity contribution < 1.29 is 4.74 Å². The van der Waals surface area contributed by atoms with Crippen molar-refractivity contribution in [2.24, 2.45) is 0 Å². The first-order valence-electron chi connectivity index (χ1n) is 3.67. The van der Waals surface area contributed by atoms with E-state index in [1.165, 1.54) is 11.1 Å². The lowest BCUT2D eigenvalue weighted by atomic mass is 10.0. The van der Waals surface area contributed by atoms with E-state index in [1.807, 2.05) is 12.1 Å². The van der Waals surface area contributed by atoms with E-state index in [2.05, 4.69) is 12.1 Å². The highest BCUT2D eigenvalue weighted by atomic mass is 35.5. The van der Waals surface area contributed by atoms with Gasteiger partial charge in [0.2, 0.25) is 0 Å². The number of benzene rings is 1. The van der Waals surface area contributed by atoms with Crippen molar-refractivity contribution in [2.45, 2.75) is 12.0 Å². The molecule has 1 nitrogen and oxygen atoms in total. The smallest absolute Gasteiger partial charge is 0.0822 e. The molecule has 0 N–H and O–H groups in total. The first-order valence-corrected chi connectivity index (χ1v) is 4.11. The molecule has 0 radical (unpaired) electrons. The zero-order valence-electron chi connectivity index (χ0n) is 6.09. The highest BCUT2D eigenvalue weighted by Crippen LogP contribution is 2.28. The van der Waals surface area contributed by atoms with Gasteiger partial charge in [-0.3, -0.25) is 0 Å². The molecule has 0 saturated carbocycles. The summed E-state index contributed by atoms with van der Waals surface area (Å²) in [6.45, 7) is 1.35. The van der Waals surface area contributed by atoms with E-state index in [0.29, 0.717) is 13.2 Å². The van der Waals surface area contributed by atoms with E-state index in [1.54, 1.807) is 0 Å². The number of alkyl halides is 1. The molecule has 0 amide bonds. The molecular formula is C9H9ClO. The normalized spacial score (nSPS) is 22.8. The quantitative estimate of drug-likeness (QED) is 0.541. The fourth-order valence-electron chi connectivity index (χ4n) is 1.33. The fraction of sp³-hybridized carbons (Fsp3) is 0.333. The van der Waals surface area contributed by atoms with Crippen LogP contribution in [0.5, 0.6) is 0 Å². The lowest BCUT2D eigenvalue weighted by Gasteiger charge is -2.20. The van der Waals surface area contributed by atoms with Crippen LogP contribution in [0, 0.1) is 0 Å². The predicted molar refractivity (Wildman–Crippen MR) is 44.7 cm³/mol. The van der Waals surface area contributed by atoms with Gasteiger partial charge in [-0.1, -0.05) is 24.3 Å². The third kappa shape index (κ3) is 1.26. The number of hydrogen-bond acceptors (Lipinski definition) is 1. The molecule has 1 aliphatic rings. The Labute approximate surface area is 70.9 Å². The monoisotopic (exact) mass is 168 g/mol. The minimum Gasteiger partial charge on any atom is -0.375 e. The van der Waals surface area contributed by atoms with Crippen molar-refractivity contribution >= 4 is 11.6 Å². The molecule has 1 heterocycles. The molecule has 1 aromatic carbocycles. The van der Waals surface area contributed by atoms with E-state index in [9.17, 15) is 0 Å². The van der Waals surface area contributed by atoms with Crippen LogP contribution in [0.1, 0.15) is 16.5 Å². The van der Waals surface area contributed by atoms with Gasteiger partial charge in [0.25, 0.3) is 0 Å². The van der Waals surface area contributed by atoms with Gasteiger partial charge in [-0.2, -0.15) is 0 Å². The SMILES string of the molecule is Cl[C@H]1COCc2ccccc21. The van der Waals surface area contributed by atoms with E-state index >= 15 is 0 Å². The average Bonchev–Trinajstić information content (AvgIpc) is 2.06. The Balaban J connectivity index is 2.44. The van der Waals surface area contributed by atoms with E-state index in [-0.39, 0.29) is 5.38 Å². The summed E-state index contributed by atoms with van der Waals surface area (Å²) in [4.78, 5) is 0. The Morgan fingerprint density at radius 3 is 3.00 bits per heavy atom. The van der Waals surface area contributed by atoms with Crippen LogP contribution in [0.4, 0.5) is 0 Å². The molecule has 0 spiro atoms. The molecule has 1 atom stereocenters. The van der Waals surface area contributed by atoms with Gasteiger partial charge in [0, 0.05) is 0 Å². The molecular weight excluding hydrogens is 160 g/mol. The Bertz CT molecular complexity index is 259. The minimum absolute atomic E-state index is 0.0416. The van der Waals surface area contributed by atoms with Crippen LogP contribution in [0.3, 0.4) is 0 Å². The molecule has 1 aromatic rings. The average molecular weight is 169 g/mol.